The summed E-state index contributed by atoms with van der Waals surface area (Å²) in [4.78, 5) is 2.21. The summed E-state index contributed by atoms with van der Waals surface area (Å²) in [6.45, 7) is 2.80. The Hall–Kier alpha value is -1.07. The van der Waals surface area contributed by atoms with Crippen molar-refractivity contribution < 1.29 is 13.0 Å². The maximum absolute atomic E-state index is 10.7. The number of benzene rings is 1. The molecule has 0 bridgehead atoms. The Kier molecular flexibility index (Phi) is 3.40. The van der Waals surface area contributed by atoms with Crippen LogP contribution in [0.5, 0.6) is 0 Å². The second kappa shape index (κ2) is 4.66. The molecular formula is C12H17NO3S. The maximum atomic E-state index is 10.7. The normalized spacial score (nSPS) is 19.4. The van der Waals surface area contributed by atoms with Crippen LogP contribution < -0.4 is 4.90 Å². The number of para-hydroxylation sites is 1. The van der Waals surface area contributed by atoms with Crippen LogP contribution in [0.4, 0.5) is 5.69 Å². The van der Waals surface area contributed by atoms with E-state index in [9.17, 15) is 8.42 Å². The fourth-order valence-corrected chi connectivity index (χ4v) is 2.88. The van der Waals surface area contributed by atoms with E-state index in [2.05, 4.69) is 24.0 Å². The van der Waals surface area contributed by atoms with Crippen LogP contribution in [0, 0.1) is 0 Å². The molecule has 1 atom stereocenters. The molecule has 0 aromatic heterocycles. The lowest BCUT2D eigenvalue weighted by Gasteiger charge is -2.24. The summed E-state index contributed by atoms with van der Waals surface area (Å²) < 4.78 is 30.0. The van der Waals surface area contributed by atoms with Gasteiger partial charge in [0.15, 0.2) is 0 Å². The van der Waals surface area contributed by atoms with Crippen molar-refractivity contribution in [1.29, 1.82) is 0 Å². The number of rotatable bonds is 4. The van der Waals surface area contributed by atoms with Crippen molar-refractivity contribution in [2.75, 3.05) is 17.2 Å². The van der Waals surface area contributed by atoms with Crippen molar-refractivity contribution in [3.05, 3.63) is 29.8 Å². The SMILES string of the molecule is CC1Cc2ccccc2N1CCCS(=O)(=O)O. The molecule has 0 saturated carbocycles. The van der Waals surface area contributed by atoms with Crippen LogP contribution in [0.3, 0.4) is 0 Å². The molecule has 4 nitrogen and oxygen atoms in total. The third-order valence-electron chi connectivity index (χ3n) is 3.15. The fraction of sp³-hybridized carbons (Fsp3) is 0.500. The van der Waals surface area contributed by atoms with Crippen LogP contribution in [0.1, 0.15) is 18.9 Å². The van der Waals surface area contributed by atoms with Gasteiger partial charge in [0.2, 0.25) is 0 Å². The van der Waals surface area contributed by atoms with Crippen molar-refractivity contribution >= 4 is 15.8 Å². The lowest BCUT2D eigenvalue weighted by Crippen LogP contribution is -2.31. The highest BCUT2D eigenvalue weighted by atomic mass is 32.2. The molecule has 0 aliphatic carbocycles. The van der Waals surface area contributed by atoms with Gasteiger partial charge in [-0.15, -0.1) is 0 Å². The van der Waals surface area contributed by atoms with Crippen LogP contribution in [0.15, 0.2) is 24.3 Å². The summed E-state index contributed by atoms with van der Waals surface area (Å²) in [5.74, 6) is -0.168. The zero-order valence-electron chi connectivity index (χ0n) is 9.83. The molecule has 1 unspecified atom stereocenters. The highest BCUT2D eigenvalue weighted by Crippen LogP contribution is 2.31. The van der Waals surface area contributed by atoms with Gasteiger partial charge >= 0.3 is 0 Å². The summed E-state index contributed by atoms with van der Waals surface area (Å²) in [5.41, 5.74) is 2.50. The first-order chi connectivity index (χ1) is 7.97. The van der Waals surface area contributed by atoms with Gasteiger partial charge in [-0.25, -0.2) is 0 Å². The molecule has 0 amide bonds. The molecular weight excluding hydrogens is 238 g/mol. The van der Waals surface area contributed by atoms with E-state index in [-0.39, 0.29) is 5.75 Å². The van der Waals surface area contributed by atoms with E-state index in [4.69, 9.17) is 4.55 Å². The summed E-state index contributed by atoms with van der Waals surface area (Å²) in [6, 6.07) is 8.58. The van der Waals surface area contributed by atoms with Crippen molar-refractivity contribution in [2.45, 2.75) is 25.8 Å². The minimum Gasteiger partial charge on any atom is -0.368 e. The van der Waals surface area contributed by atoms with Gasteiger partial charge in [-0.2, -0.15) is 8.42 Å². The standard InChI is InChI=1S/C12H17NO3S/c1-10-9-11-5-2-3-6-12(11)13(10)7-4-8-17(14,15)16/h2-3,5-6,10H,4,7-9H2,1H3,(H,14,15,16). The van der Waals surface area contributed by atoms with E-state index >= 15 is 0 Å². The van der Waals surface area contributed by atoms with Gasteiger partial charge in [0.05, 0.1) is 5.75 Å². The number of hydrogen-bond acceptors (Lipinski definition) is 3. The van der Waals surface area contributed by atoms with E-state index in [1.807, 2.05) is 12.1 Å². The Morgan fingerprint density at radius 1 is 1.41 bits per heavy atom. The summed E-state index contributed by atoms with van der Waals surface area (Å²) in [7, 11) is -3.84. The molecule has 17 heavy (non-hydrogen) atoms. The molecule has 2 rings (SSSR count). The summed E-state index contributed by atoms with van der Waals surface area (Å²) in [5, 5.41) is 0. The van der Waals surface area contributed by atoms with E-state index in [1.165, 1.54) is 11.3 Å². The number of anilines is 1. The molecule has 0 saturated heterocycles. The van der Waals surface area contributed by atoms with Crippen LogP contribution in [-0.4, -0.2) is 31.3 Å². The predicted octanol–water partition coefficient (Wildman–Crippen LogP) is 1.72. The lowest BCUT2D eigenvalue weighted by molar-refractivity contribution is 0.480. The summed E-state index contributed by atoms with van der Waals surface area (Å²) in [6.07, 6.45) is 1.46. The number of fused-ring (bicyclic) bond motifs is 1. The Morgan fingerprint density at radius 3 is 2.82 bits per heavy atom. The zero-order chi connectivity index (χ0) is 12.5. The van der Waals surface area contributed by atoms with Gasteiger partial charge in [0, 0.05) is 18.3 Å². The van der Waals surface area contributed by atoms with E-state index < -0.39 is 10.1 Å². The van der Waals surface area contributed by atoms with Gasteiger partial charge in [0.1, 0.15) is 0 Å². The van der Waals surface area contributed by atoms with Crippen molar-refractivity contribution in [2.24, 2.45) is 0 Å². The first kappa shape index (κ1) is 12.4. The minimum atomic E-state index is -3.84. The molecule has 0 spiro atoms. The van der Waals surface area contributed by atoms with Crippen molar-refractivity contribution in [1.82, 2.24) is 0 Å². The summed E-state index contributed by atoms with van der Waals surface area (Å²) >= 11 is 0. The molecule has 94 valence electrons. The second-order valence-electron chi connectivity index (χ2n) is 4.51. The Morgan fingerprint density at radius 2 is 2.12 bits per heavy atom. The Bertz CT molecular complexity index is 498. The quantitative estimate of drug-likeness (QED) is 0.832. The Balaban J connectivity index is 2.02. The Labute approximate surface area is 102 Å². The molecule has 1 heterocycles. The molecule has 5 heteroatoms. The molecule has 1 aromatic rings. The van der Waals surface area contributed by atoms with E-state index in [1.54, 1.807) is 0 Å². The van der Waals surface area contributed by atoms with Crippen LogP contribution >= 0.6 is 0 Å². The molecule has 1 aliphatic rings. The fourth-order valence-electron chi connectivity index (χ4n) is 2.39. The maximum Gasteiger partial charge on any atom is 0.264 e. The highest BCUT2D eigenvalue weighted by Gasteiger charge is 2.25. The monoisotopic (exact) mass is 255 g/mol. The zero-order valence-corrected chi connectivity index (χ0v) is 10.7. The van der Waals surface area contributed by atoms with Gasteiger partial charge in [0.25, 0.3) is 10.1 Å². The first-order valence-corrected chi connectivity index (χ1v) is 7.38. The predicted molar refractivity (Wildman–Crippen MR) is 68.0 cm³/mol. The van der Waals surface area contributed by atoms with Gasteiger partial charge in [-0.05, 0) is 31.4 Å². The highest BCUT2D eigenvalue weighted by molar-refractivity contribution is 7.85. The number of nitrogens with zero attached hydrogens (tertiary/aromatic N) is 1. The van der Waals surface area contributed by atoms with Crippen LogP contribution in [0.2, 0.25) is 0 Å². The first-order valence-electron chi connectivity index (χ1n) is 5.77. The van der Waals surface area contributed by atoms with E-state index in [0.717, 1.165) is 6.42 Å². The molecule has 1 N–H and O–H groups in total. The third-order valence-corrected chi connectivity index (χ3v) is 3.95. The van der Waals surface area contributed by atoms with Crippen molar-refractivity contribution in [3.8, 4) is 0 Å². The minimum absolute atomic E-state index is 0.168. The largest absolute Gasteiger partial charge is 0.368 e. The van der Waals surface area contributed by atoms with E-state index in [0.29, 0.717) is 19.0 Å². The molecule has 0 fully saturated rings. The van der Waals surface area contributed by atoms with Gasteiger partial charge in [-0.1, -0.05) is 18.2 Å². The third kappa shape index (κ3) is 2.98. The molecule has 1 aromatic carbocycles. The molecule has 1 aliphatic heterocycles. The average Bonchev–Trinajstić information content (AvgIpc) is 2.54. The average molecular weight is 255 g/mol. The molecule has 0 radical (unpaired) electrons. The van der Waals surface area contributed by atoms with Crippen LogP contribution in [0.25, 0.3) is 0 Å². The van der Waals surface area contributed by atoms with Gasteiger partial charge in [-0.3, -0.25) is 4.55 Å². The smallest absolute Gasteiger partial charge is 0.264 e. The second-order valence-corrected chi connectivity index (χ2v) is 6.09. The lowest BCUT2D eigenvalue weighted by atomic mass is 10.1. The van der Waals surface area contributed by atoms with Gasteiger partial charge < -0.3 is 4.90 Å². The number of hydrogen-bond donors (Lipinski definition) is 1. The van der Waals surface area contributed by atoms with Crippen LogP contribution in [-0.2, 0) is 16.5 Å². The van der Waals surface area contributed by atoms with Crippen molar-refractivity contribution in [3.63, 3.8) is 0 Å². The topological polar surface area (TPSA) is 57.6 Å².